The van der Waals surface area contributed by atoms with Crippen LogP contribution in [0.25, 0.3) is 11.0 Å². The van der Waals surface area contributed by atoms with Gasteiger partial charge in [-0.3, -0.25) is 14.5 Å². The van der Waals surface area contributed by atoms with Gasteiger partial charge in [0.2, 0.25) is 10.9 Å². The Bertz CT molecular complexity index is 1880. The van der Waals surface area contributed by atoms with Crippen molar-refractivity contribution in [2.75, 3.05) is 18.6 Å². The number of fused-ring (bicyclic) bond motifs is 1. The predicted octanol–water partition coefficient (Wildman–Crippen LogP) is 7.30. The molecular formula is C32H26FN3O6S2. The van der Waals surface area contributed by atoms with E-state index in [2.05, 4.69) is 10.2 Å². The average molecular weight is 632 g/mol. The highest BCUT2D eigenvalue weighted by molar-refractivity contribution is 8.00. The number of Topliss-reactive ketones (excluding diaryl/α,β-unsaturated/α-hetero) is 1. The van der Waals surface area contributed by atoms with Crippen molar-refractivity contribution in [1.82, 2.24) is 10.2 Å². The fourth-order valence-corrected chi connectivity index (χ4v) is 6.72. The van der Waals surface area contributed by atoms with E-state index in [1.807, 2.05) is 6.92 Å². The third-order valence-corrected chi connectivity index (χ3v) is 9.09. The summed E-state index contributed by atoms with van der Waals surface area (Å²) in [6, 6.07) is 19.2. The van der Waals surface area contributed by atoms with E-state index in [0.29, 0.717) is 50.3 Å². The van der Waals surface area contributed by atoms with E-state index >= 15 is 0 Å². The number of thioether (sulfide) groups is 1. The number of aromatic nitrogens is 2. The van der Waals surface area contributed by atoms with Gasteiger partial charge in [0.25, 0.3) is 5.91 Å². The number of rotatable bonds is 11. The Morgan fingerprint density at radius 3 is 2.66 bits per heavy atom. The summed E-state index contributed by atoms with van der Waals surface area (Å²) in [7, 11) is 1.50. The number of nitrogens with zero attached hydrogens (tertiary/aromatic N) is 3. The van der Waals surface area contributed by atoms with Gasteiger partial charge in [0.05, 0.1) is 25.3 Å². The van der Waals surface area contributed by atoms with E-state index in [9.17, 15) is 19.1 Å². The maximum Gasteiger partial charge on any atom is 0.296 e. The van der Waals surface area contributed by atoms with Crippen molar-refractivity contribution >= 4 is 50.9 Å². The van der Waals surface area contributed by atoms with Gasteiger partial charge in [-0.25, -0.2) is 4.39 Å². The number of amides is 1. The number of furan rings is 1. The molecular weight excluding hydrogens is 605 g/mol. The number of methoxy groups -OCH3 is 1. The summed E-state index contributed by atoms with van der Waals surface area (Å²) in [6.07, 6.45) is 0.832. The second kappa shape index (κ2) is 12.5. The van der Waals surface area contributed by atoms with E-state index < -0.39 is 23.5 Å². The fourth-order valence-electron chi connectivity index (χ4n) is 4.87. The third-order valence-electron chi connectivity index (χ3n) is 6.98. The summed E-state index contributed by atoms with van der Waals surface area (Å²) in [5.41, 5.74) is 1.25. The minimum Gasteiger partial charge on any atom is -0.503 e. The third kappa shape index (κ3) is 5.53. The zero-order valence-electron chi connectivity index (χ0n) is 23.7. The van der Waals surface area contributed by atoms with Gasteiger partial charge in [0.15, 0.2) is 27.2 Å². The van der Waals surface area contributed by atoms with Crippen molar-refractivity contribution in [1.29, 1.82) is 0 Å². The van der Waals surface area contributed by atoms with Gasteiger partial charge in [0, 0.05) is 11.1 Å². The second-order valence-corrected chi connectivity index (χ2v) is 12.0. The van der Waals surface area contributed by atoms with Crippen molar-refractivity contribution in [3.8, 4) is 11.5 Å². The zero-order chi connectivity index (χ0) is 30.8. The monoisotopic (exact) mass is 631 g/mol. The predicted molar refractivity (Wildman–Crippen MR) is 165 cm³/mol. The smallest absolute Gasteiger partial charge is 0.296 e. The second-order valence-electron chi connectivity index (χ2n) is 9.81. The molecule has 0 saturated carbocycles. The molecule has 1 unspecified atom stereocenters. The van der Waals surface area contributed by atoms with Gasteiger partial charge < -0.3 is 19.0 Å². The Kier molecular flexibility index (Phi) is 8.36. The van der Waals surface area contributed by atoms with Gasteiger partial charge in [-0.2, -0.15) is 0 Å². The van der Waals surface area contributed by atoms with Crippen LogP contribution in [0.1, 0.15) is 41.1 Å². The highest BCUT2D eigenvalue weighted by atomic mass is 32.2. The molecule has 1 N–H and O–H groups in total. The lowest BCUT2D eigenvalue weighted by Crippen LogP contribution is -2.31. The number of para-hydroxylation sites is 1. The van der Waals surface area contributed by atoms with Crippen LogP contribution in [0.5, 0.6) is 11.5 Å². The molecule has 0 saturated heterocycles. The molecule has 12 heteroatoms. The number of carbonyl (C=O) groups is 2. The minimum absolute atomic E-state index is 0.0630. The zero-order valence-corrected chi connectivity index (χ0v) is 25.3. The molecule has 3 heterocycles. The maximum absolute atomic E-state index is 14.2. The molecule has 224 valence electrons. The lowest BCUT2D eigenvalue weighted by Gasteiger charge is -2.24. The number of ether oxygens (including phenoxy) is 2. The summed E-state index contributed by atoms with van der Waals surface area (Å²) < 4.78 is 31.6. The molecule has 9 nitrogen and oxygen atoms in total. The molecule has 0 bridgehead atoms. The Hall–Kier alpha value is -4.68. The van der Waals surface area contributed by atoms with E-state index in [0.717, 1.165) is 17.8 Å². The minimum atomic E-state index is -1.04. The number of hydrogen-bond acceptors (Lipinski definition) is 10. The Balaban J connectivity index is 1.37. The molecule has 0 radical (unpaired) electrons. The van der Waals surface area contributed by atoms with Crippen LogP contribution in [-0.2, 0) is 10.5 Å². The first-order valence-corrected chi connectivity index (χ1v) is 15.5. The highest BCUT2D eigenvalue weighted by Gasteiger charge is 2.47. The van der Waals surface area contributed by atoms with Crippen molar-refractivity contribution in [3.05, 3.63) is 107 Å². The first kappa shape index (κ1) is 29.4. The number of ketones is 1. The molecule has 3 aromatic carbocycles. The lowest BCUT2D eigenvalue weighted by atomic mass is 9.95. The topological polar surface area (TPSA) is 115 Å². The van der Waals surface area contributed by atoms with E-state index in [4.69, 9.17) is 13.9 Å². The number of carbonyl (C=O) groups excluding carboxylic acids is 2. The van der Waals surface area contributed by atoms with Crippen molar-refractivity contribution in [3.63, 3.8) is 0 Å². The Morgan fingerprint density at radius 1 is 1.11 bits per heavy atom. The number of aliphatic hydroxyl groups excluding tert-OH is 1. The fraction of sp³-hybridized carbons (Fsp3) is 0.188. The van der Waals surface area contributed by atoms with Crippen molar-refractivity contribution < 1.29 is 33.0 Å². The number of anilines is 1. The first-order valence-electron chi connectivity index (χ1n) is 13.7. The van der Waals surface area contributed by atoms with Gasteiger partial charge in [-0.15, -0.1) is 10.2 Å². The van der Waals surface area contributed by atoms with Crippen LogP contribution in [0.2, 0.25) is 0 Å². The largest absolute Gasteiger partial charge is 0.503 e. The summed E-state index contributed by atoms with van der Waals surface area (Å²) in [5, 5.41) is 20.4. The van der Waals surface area contributed by atoms with Gasteiger partial charge >= 0.3 is 0 Å². The van der Waals surface area contributed by atoms with Gasteiger partial charge in [0.1, 0.15) is 11.6 Å². The van der Waals surface area contributed by atoms with Crippen molar-refractivity contribution in [2.24, 2.45) is 0 Å². The number of benzene rings is 3. The summed E-state index contributed by atoms with van der Waals surface area (Å²) in [5.74, 6) is -1.20. The van der Waals surface area contributed by atoms with Gasteiger partial charge in [-0.05, 0) is 47.9 Å². The molecule has 2 aromatic heterocycles. The van der Waals surface area contributed by atoms with Crippen LogP contribution in [0, 0.1) is 5.82 Å². The maximum atomic E-state index is 14.2. The molecule has 5 aromatic rings. The molecule has 1 amide bonds. The van der Waals surface area contributed by atoms with E-state index in [1.165, 1.54) is 29.8 Å². The summed E-state index contributed by atoms with van der Waals surface area (Å²) in [6.45, 7) is 2.53. The van der Waals surface area contributed by atoms with E-state index in [-0.39, 0.29) is 22.3 Å². The van der Waals surface area contributed by atoms with E-state index in [1.54, 1.807) is 66.7 Å². The highest BCUT2D eigenvalue weighted by Crippen LogP contribution is 2.45. The number of aliphatic hydroxyl groups is 1. The molecule has 0 spiro atoms. The van der Waals surface area contributed by atoms with Crippen molar-refractivity contribution in [2.45, 2.75) is 29.5 Å². The van der Waals surface area contributed by atoms with Crippen LogP contribution < -0.4 is 14.4 Å². The SMILES string of the molecule is CCCOc1ccc(C2C(C(=O)c3cc4cccc(OC)c4o3)=C(O)C(=O)N2c2nnc(SCc3ccccc3F)s2)cc1. The number of hydrogen-bond donors (Lipinski definition) is 1. The first-order chi connectivity index (χ1) is 21.4. The average Bonchev–Trinajstić information content (AvgIpc) is 3.76. The quantitative estimate of drug-likeness (QED) is 0.0911. The summed E-state index contributed by atoms with van der Waals surface area (Å²) in [4.78, 5) is 28.9. The summed E-state index contributed by atoms with van der Waals surface area (Å²) >= 11 is 2.37. The Morgan fingerprint density at radius 2 is 1.91 bits per heavy atom. The molecule has 44 heavy (non-hydrogen) atoms. The van der Waals surface area contributed by atoms with Crippen LogP contribution in [0.4, 0.5) is 9.52 Å². The number of halogens is 1. The van der Waals surface area contributed by atoms with Crippen LogP contribution in [-0.4, -0.2) is 40.7 Å². The van der Waals surface area contributed by atoms with Crippen LogP contribution in [0.3, 0.4) is 0 Å². The van der Waals surface area contributed by atoms with Crippen LogP contribution in [0.15, 0.2) is 92.9 Å². The van der Waals surface area contributed by atoms with Gasteiger partial charge in [-0.1, -0.05) is 72.5 Å². The molecule has 6 rings (SSSR count). The molecule has 0 aliphatic carbocycles. The standard InChI is InChI=1S/C32H26FN3O6S2/c1-3-15-41-21-13-11-18(12-14-21)26-25(27(37)24-16-19-8-6-10-23(40-2)29(19)42-24)28(38)30(39)36(26)31-34-35-32(44-31)43-17-20-7-4-5-9-22(20)33/h4-14,16,26,38H,3,15,17H2,1-2H3. The Labute approximate surface area is 259 Å². The van der Waals surface area contributed by atoms with Crippen LogP contribution >= 0.6 is 23.1 Å². The molecule has 1 atom stereocenters. The molecule has 1 aliphatic heterocycles. The normalized spacial score (nSPS) is 14.9. The molecule has 1 aliphatic rings. The lowest BCUT2D eigenvalue weighted by molar-refractivity contribution is -0.117. The molecule has 0 fully saturated rings.